The van der Waals surface area contributed by atoms with Gasteiger partial charge in [-0.15, -0.1) is 0 Å². The van der Waals surface area contributed by atoms with Crippen molar-refractivity contribution in [2.24, 2.45) is 11.8 Å². The van der Waals surface area contributed by atoms with Gasteiger partial charge in [-0.3, -0.25) is 19.5 Å². The van der Waals surface area contributed by atoms with Crippen molar-refractivity contribution in [3.8, 4) is 0 Å². The van der Waals surface area contributed by atoms with Crippen molar-refractivity contribution < 1.29 is 4.79 Å². The summed E-state index contributed by atoms with van der Waals surface area (Å²) in [5.74, 6) is 1.72. The van der Waals surface area contributed by atoms with Crippen molar-refractivity contribution in [1.29, 1.82) is 0 Å². The number of pyridine rings is 1. The lowest BCUT2D eigenvalue weighted by Crippen LogP contribution is -2.52. The smallest absolute Gasteiger partial charge is 0.320 e. The topological polar surface area (TPSA) is 64.1 Å². The van der Waals surface area contributed by atoms with E-state index in [-0.39, 0.29) is 11.6 Å². The van der Waals surface area contributed by atoms with Gasteiger partial charge < -0.3 is 14.8 Å². The van der Waals surface area contributed by atoms with Gasteiger partial charge in [0.2, 0.25) is 0 Å². The number of amides is 2. The third kappa shape index (κ3) is 6.71. The first-order valence-electron chi connectivity index (χ1n) is 13.0. The van der Waals surface area contributed by atoms with Crippen molar-refractivity contribution in [2.75, 3.05) is 52.5 Å². The lowest BCUT2D eigenvalue weighted by molar-refractivity contribution is 0.0442. The van der Waals surface area contributed by atoms with Gasteiger partial charge in [-0.2, -0.15) is 0 Å². The van der Waals surface area contributed by atoms with Crippen LogP contribution in [0.25, 0.3) is 0 Å². The molecule has 1 aromatic rings. The molecule has 0 aliphatic carbocycles. The zero-order valence-electron chi connectivity index (χ0n) is 21.0. The van der Waals surface area contributed by atoms with Gasteiger partial charge in [-0.1, -0.05) is 26.5 Å². The van der Waals surface area contributed by atoms with E-state index in [9.17, 15) is 9.59 Å². The van der Waals surface area contributed by atoms with Gasteiger partial charge >= 0.3 is 6.03 Å². The maximum atomic E-state index is 13.1. The predicted octanol–water partition coefficient (Wildman–Crippen LogP) is 2.57. The normalized spacial score (nSPS) is 21.9. The average molecular weight is 471 g/mol. The number of nitrogens with zero attached hydrogens (tertiary/aromatic N) is 5. The maximum absolute atomic E-state index is 13.1. The number of hydrogen-bond acceptors (Lipinski definition) is 5. The number of carbonyl (C=O) groups is 1. The molecule has 0 bridgehead atoms. The van der Waals surface area contributed by atoms with E-state index in [0.29, 0.717) is 31.7 Å². The first-order chi connectivity index (χ1) is 16.4. The number of urea groups is 1. The largest absolute Gasteiger partial charge is 0.321 e. The van der Waals surface area contributed by atoms with Crippen LogP contribution in [0, 0.1) is 11.8 Å². The van der Waals surface area contributed by atoms with E-state index in [4.69, 9.17) is 0 Å². The van der Waals surface area contributed by atoms with Gasteiger partial charge in [0.1, 0.15) is 0 Å². The van der Waals surface area contributed by atoms with Crippen molar-refractivity contribution in [3.63, 3.8) is 0 Å². The highest BCUT2D eigenvalue weighted by atomic mass is 16.2. The molecule has 0 aromatic carbocycles. The lowest BCUT2D eigenvalue weighted by atomic mass is 9.89. The Morgan fingerprint density at radius 3 is 2.26 bits per heavy atom. The summed E-state index contributed by atoms with van der Waals surface area (Å²) in [4.78, 5) is 34.4. The highest BCUT2D eigenvalue weighted by Crippen LogP contribution is 2.24. The first kappa shape index (κ1) is 24.9. The van der Waals surface area contributed by atoms with Crippen LogP contribution in [0.1, 0.15) is 45.1 Å². The molecule has 3 aliphatic rings. The highest BCUT2D eigenvalue weighted by molar-refractivity contribution is 5.77. The monoisotopic (exact) mass is 470 g/mol. The Balaban J connectivity index is 1.23. The third-order valence-electron chi connectivity index (χ3n) is 7.44. The van der Waals surface area contributed by atoms with E-state index in [1.54, 1.807) is 9.47 Å². The van der Waals surface area contributed by atoms with E-state index >= 15 is 0 Å². The molecule has 0 saturated carbocycles. The predicted molar refractivity (Wildman–Crippen MR) is 135 cm³/mol. The maximum Gasteiger partial charge on any atom is 0.321 e. The molecule has 2 amide bonds. The minimum absolute atomic E-state index is 0.00796. The summed E-state index contributed by atoms with van der Waals surface area (Å²) < 4.78 is 1.78. The van der Waals surface area contributed by atoms with Crippen LogP contribution >= 0.6 is 0 Å². The van der Waals surface area contributed by atoms with Gasteiger partial charge in [0.25, 0.3) is 5.56 Å². The number of rotatable bonds is 8. The molecule has 4 rings (SSSR count). The highest BCUT2D eigenvalue weighted by Gasteiger charge is 2.24. The van der Waals surface area contributed by atoms with Crippen LogP contribution < -0.4 is 10.9 Å². The molecule has 0 unspecified atom stereocenters. The fourth-order valence-electron chi connectivity index (χ4n) is 5.44. The van der Waals surface area contributed by atoms with E-state index in [1.807, 2.05) is 18.3 Å². The number of aromatic nitrogens is 1. The Bertz CT molecular complexity index is 897. The molecule has 3 fully saturated rings. The van der Waals surface area contributed by atoms with Gasteiger partial charge in [0.05, 0.1) is 19.9 Å². The number of likely N-dealkylation sites (tertiary alicyclic amines) is 1. The van der Waals surface area contributed by atoms with E-state index in [1.165, 1.54) is 32.4 Å². The molecule has 0 spiro atoms. The second kappa shape index (κ2) is 11.5. The second-order valence-electron chi connectivity index (χ2n) is 10.7. The molecular weight excluding hydrogens is 428 g/mol. The Morgan fingerprint density at radius 1 is 0.971 bits per heavy atom. The molecule has 4 heterocycles. The van der Waals surface area contributed by atoms with Crippen molar-refractivity contribution >= 4 is 6.03 Å². The number of piperazine rings is 1. The second-order valence-corrected chi connectivity index (χ2v) is 10.7. The van der Waals surface area contributed by atoms with Crippen LogP contribution in [0.3, 0.4) is 0 Å². The Labute approximate surface area is 204 Å². The number of nitrogens with one attached hydrogen (secondary N) is 1. The summed E-state index contributed by atoms with van der Waals surface area (Å²) in [6.45, 7) is 17.6. The number of hydrogen-bond donors (Lipinski definition) is 1. The van der Waals surface area contributed by atoms with Crippen LogP contribution in [0.4, 0.5) is 4.79 Å². The van der Waals surface area contributed by atoms with Crippen LogP contribution in [0.2, 0.25) is 0 Å². The van der Waals surface area contributed by atoms with Crippen molar-refractivity contribution in [2.45, 2.75) is 52.7 Å². The zero-order valence-corrected chi connectivity index (χ0v) is 21.0. The molecule has 0 radical (unpaired) electrons. The Morgan fingerprint density at radius 2 is 1.62 bits per heavy atom. The molecule has 3 aliphatic heterocycles. The molecule has 3 saturated heterocycles. The van der Waals surface area contributed by atoms with Crippen molar-refractivity contribution in [1.82, 2.24) is 29.5 Å². The standard InChI is InChI=1S/C26H42N6O2/c1-21(2)17-23-7-10-28(11-8-23)19-29-13-15-30(16-14-29)20-32-9-4-5-24(25(32)33)18-31-12-6-22(3)27-26(31)34/h4-5,9,21,23H,3,6-8,10-20H2,1-2H3,(H,27,34). The van der Waals surface area contributed by atoms with Gasteiger partial charge in [-0.25, -0.2) is 4.79 Å². The average Bonchev–Trinajstić information content (AvgIpc) is 2.80. The lowest BCUT2D eigenvalue weighted by Gasteiger charge is -2.40. The number of piperidine rings is 1. The molecule has 34 heavy (non-hydrogen) atoms. The van der Waals surface area contributed by atoms with E-state index in [0.717, 1.165) is 50.4 Å². The molecule has 1 N–H and O–H groups in total. The van der Waals surface area contributed by atoms with Gasteiger partial charge in [0.15, 0.2) is 0 Å². The molecule has 0 atom stereocenters. The summed E-state index contributed by atoms with van der Waals surface area (Å²) in [6, 6.07) is 3.57. The quantitative estimate of drug-likeness (QED) is 0.633. The van der Waals surface area contributed by atoms with Crippen LogP contribution in [-0.4, -0.2) is 82.7 Å². The number of carbonyl (C=O) groups excluding carboxylic acids is 1. The van der Waals surface area contributed by atoms with Crippen LogP contribution in [0.5, 0.6) is 0 Å². The summed E-state index contributed by atoms with van der Waals surface area (Å²) >= 11 is 0. The van der Waals surface area contributed by atoms with Crippen LogP contribution in [0.15, 0.2) is 35.4 Å². The summed E-state index contributed by atoms with van der Waals surface area (Å²) in [5, 5.41) is 2.76. The van der Waals surface area contributed by atoms with Gasteiger partial charge in [0, 0.05) is 56.6 Å². The molecule has 1 aromatic heterocycles. The van der Waals surface area contributed by atoms with E-state index < -0.39 is 0 Å². The fraction of sp³-hybridized carbons (Fsp3) is 0.692. The zero-order chi connectivity index (χ0) is 24.1. The van der Waals surface area contributed by atoms with Gasteiger partial charge in [-0.05, 0) is 50.3 Å². The minimum atomic E-state index is -0.175. The minimum Gasteiger partial charge on any atom is -0.320 e. The summed E-state index contributed by atoms with van der Waals surface area (Å²) in [5.41, 5.74) is 1.39. The molecule has 8 heteroatoms. The first-order valence-corrected chi connectivity index (χ1v) is 13.0. The summed E-state index contributed by atoms with van der Waals surface area (Å²) in [7, 11) is 0. The van der Waals surface area contributed by atoms with Crippen molar-refractivity contribution in [3.05, 3.63) is 46.5 Å². The van der Waals surface area contributed by atoms with E-state index in [2.05, 4.69) is 40.4 Å². The molecule has 188 valence electrons. The molecule has 8 nitrogen and oxygen atoms in total. The molecular formula is C26H42N6O2. The summed E-state index contributed by atoms with van der Waals surface area (Å²) in [6.07, 6.45) is 6.62. The van der Waals surface area contributed by atoms with Crippen LogP contribution in [-0.2, 0) is 13.2 Å². The Hall–Kier alpha value is -2.16. The Kier molecular flexibility index (Phi) is 8.45. The third-order valence-corrected chi connectivity index (χ3v) is 7.44. The SMILES string of the molecule is C=C1CCN(Cc2cccn(CN3CCN(CN4CCC(CC(C)C)CC4)CC3)c2=O)C(=O)N1. The fourth-order valence-corrected chi connectivity index (χ4v) is 5.44.